The van der Waals surface area contributed by atoms with E-state index >= 15 is 0 Å². The normalized spacial score (nSPS) is 11.6. The number of carbonyl (C=O) groups is 1. The van der Waals surface area contributed by atoms with Crippen LogP contribution in [0.4, 0.5) is 5.69 Å². The highest BCUT2D eigenvalue weighted by molar-refractivity contribution is 6.00. The molecule has 106 valence electrons. The molecule has 1 aromatic carbocycles. The fourth-order valence-corrected chi connectivity index (χ4v) is 2.33. The number of hydrogen-bond donors (Lipinski definition) is 1. The first-order valence-electron chi connectivity index (χ1n) is 6.68. The van der Waals surface area contributed by atoms with Crippen molar-refractivity contribution < 1.29 is 4.79 Å². The van der Waals surface area contributed by atoms with E-state index in [1.54, 1.807) is 4.90 Å². The van der Waals surface area contributed by atoms with Crippen molar-refractivity contribution in [1.82, 2.24) is 5.32 Å². The van der Waals surface area contributed by atoms with E-state index in [0.717, 1.165) is 5.69 Å². The Morgan fingerprint density at radius 1 is 1.11 bits per heavy atom. The van der Waals surface area contributed by atoms with E-state index < -0.39 is 5.54 Å². The maximum Gasteiger partial charge on any atom is 0.246 e. The SMILES string of the molecule is CNC(C)(C)C(=O)N(C)c1c(C)c(C)cc(C)c1C. The Kier molecular flexibility index (Phi) is 4.41. The molecule has 1 aromatic rings. The first-order valence-corrected chi connectivity index (χ1v) is 6.68. The van der Waals surface area contributed by atoms with Gasteiger partial charge in [-0.15, -0.1) is 0 Å². The summed E-state index contributed by atoms with van der Waals surface area (Å²) in [5, 5.41) is 3.07. The number of nitrogens with zero attached hydrogens (tertiary/aromatic N) is 1. The molecule has 0 aliphatic rings. The molecule has 0 atom stereocenters. The molecule has 0 aromatic heterocycles. The van der Waals surface area contributed by atoms with E-state index in [1.165, 1.54) is 22.3 Å². The highest BCUT2D eigenvalue weighted by atomic mass is 16.2. The zero-order valence-electron chi connectivity index (χ0n) is 13.4. The monoisotopic (exact) mass is 262 g/mol. The number of hydrogen-bond acceptors (Lipinski definition) is 2. The van der Waals surface area contributed by atoms with E-state index in [2.05, 4.69) is 39.1 Å². The molecular weight excluding hydrogens is 236 g/mol. The average Bonchev–Trinajstić information content (AvgIpc) is 2.35. The second-order valence-electron chi connectivity index (χ2n) is 5.85. The molecule has 1 rings (SSSR count). The average molecular weight is 262 g/mol. The highest BCUT2D eigenvalue weighted by Gasteiger charge is 2.30. The Hall–Kier alpha value is -1.35. The third kappa shape index (κ3) is 2.81. The van der Waals surface area contributed by atoms with Crippen molar-refractivity contribution in [1.29, 1.82) is 0 Å². The van der Waals surface area contributed by atoms with E-state index in [0.29, 0.717) is 0 Å². The number of aryl methyl sites for hydroxylation is 2. The first-order chi connectivity index (χ1) is 8.63. The molecule has 0 spiro atoms. The van der Waals surface area contributed by atoms with Crippen molar-refractivity contribution in [3.05, 3.63) is 28.3 Å². The summed E-state index contributed by atoms with van der Waals surface area (Å²) in [6, 6.07) is 2.18. The molecule has 1 N–H and O–H groups in total. The van der Waals surface area contributed by atoms with Crippen LogP contribution in [0.5, 0.6) is 0 Å². The van der Waals surface area contributed by atoms with Gasteiger partial charge in [0.05, 0.1) is 5.54 Å². The summed E-state index contributed by atoms with van der Waals surface area (Å²) in [6.07, 6.45) is 0. The minimum atomic E-state index is -0.564. The number of likely N-dealkylation sites (N-methyl/N-ethyl adjacent to an activating group) is 2. The molecule has 0 saturated carbocycles. The molecule has 0 fully saturated rings. The van der Waals surface area contributed by atoms with Gasteiger partial charge < -0.3 is 10.2 Å². The second kappa shape index (κ2) is 5.33. The lowest BCUT2D eigenvalue weighted by molar-refractivity contribution is -0.123. The third-order valence-corrected chi connectivity index (χ3v) is 4.13. The lowest BCUT2D eigenvalue weighted by atomic mass is 9.96. The fraction of sp³-hybridized carbons (Fsp3) is 0.562. The summed E-state index contributed by atoms with van der Waals surface area (Å²) in [5.74, 6) is 0.0752. The Morgan fingerprint density at radius 3 is 1.89 bits per heavy atom. The van der Waals surface area contributed by atoms with Gasteiger partial charge in [0.15, 0.2) is 0 Å². The van der Waals surface area contributed by atoms with Crippen LogP contribution in [0.15, 0.2) is 6.07 Å². The smallest absolute Gasteiger partial charge is 0.246 e. The molecular formula is C16H26N2O. The van der Waals surface area contributed by atoms with E-state index in [4.69, 9.17) is 0 Å². The summed E-state index contributed by atoms with van der Waals surface area (Å²) < 4.78 is 0. The molecule has 19 heavy (non-hydrogen) atoms. The molecule has 3 nitrogen and oxygen atoms in total. The topological polar surface area (TPSA) is 32.3 Å². The predicted molar refractivity (Wildman–Crippen MR) is 81.9 cm³/mol. The van der Waals surface area contributed by atoms with Gasteiger partial charge >= 0.3 is 0 Å². The van der Waals surface area contributed by atoms with Crippen molar-refractivity contribution >= 4 is 11.6 Å². The van der Waals surface area contributed by atoms with Crippen LogP contribution in [0, 0.1) is 27.7 Å². The third-order valence-electron chi connectivity index (χ3n) is 4.13. The molecule has 0 aliphatic carbocycles. The van der Waals surface area contributed by atoms with Crippen LogP contribution < -0.4 is 10.2 Å². The van der Waals surface area contributed by atoms with Gasteiger partial charge in [-0.25, -0.2) is 0 Å². The number of benzene rings is 1. The summed E-state index contributed by atoms with van der Waals surface area (Å²) in [7, 11) is 3.67. The van der Waals surface area contributed by atoms with Crippen molar-refractivity contribution in [2.45, 2.75) is 47.1 Å². The summed E-state index contributed by atoms with van der Waals surface area (Å²) >= 11 is 0. The number of rotatable bonds is 3. The van der Waals surface area contributed by atoms with Crippen LogP contribution in [0.1, 0.15) is 36.1 Å². The minimum Gasteiger partial charge on any atom is -0.313 e. The Balaban J connectivity index is 3.35. The minimum absolute atomic E-state index is 0.0752. The summed E-state index contributed by atoms with van der Waals surface area (Å²) in [4.78, 5) is 14.4. The van der Waals surface area contributed by atoms with Crippen molar-refractivity contribution in [3.8, 4) is 0 Å². The lowest BCUT2D eigenvalue weighted by Gasteiger charge is -2.31. The lowest BCUT2D eigenvalue weighted by Crippen LogP contribution is -2.52. The standard InChI is InChI=1S/C16H26N2O/c1-10-9-11(2)13(4)14(12(10)3)18(8)15(19)16(5,6)17-7/h9,17H,1-8H3. The van der Waals surface area contributed by atoms with Crippen LogP contribution in [0.3, 0.4) is 0 Å². The Labute approximate surface area is 117 Å². The van der Waals surface area contributed by atoms with Gasteiger partial charge in [0, 0.05) is 12.7 Å². The number of carbonyl (C=O) groups excluding carboxylic acids is 1. The zero-order chi connectivity index (χ0) is 15.0. The second-order valence-corrected chi connectivity index (χ2v) is 5.85. The quantitative estimate of drug-likeness (QED) is 0.908. The fourth-order valence-electron chi connectivity index (χ4n) is 2.33. The largest absolute Gasteiger partial charge is 0.313 e. The van der Waals surface area contributed by atoms with Crippen molar-refractivity contribution in [2.75, 3.05) is 19.0 Å². The molecule has 0 heterocycles. The van der Waals surface area contributed by atoms with Gasteiger partial charge in [0.25, 0.3) is 0 Å². The predicted octanol–water partition coefficient (Wildman–Crippen LogP) is 2.88. The van der Waals surface area contributed by atoms with Crippen LogP contribution in [-0.4, -0.2) is 25.5 Å². The molecule has 0 radical (unpaired) electrons. The first kappa shape index (κ1) is 15.7. The van der Waals surface area contributed by atoms with Crippen LogP contribution in [0.2, 0.25) is 0 Å². The van der Waals surface area contributed by atoms with Gasteiger partial charge in [-0.1, -0.05) is 6.07 Å². The maximum absolute atomic E-state index is 12.6. The Bertz CT molecular complexity index is 478. The van der Waals surface area contributed by atoms with Crippen molar-refractivity contribution in [3.63, 3.8) is 0 Å². The van der Waals surface area contributed by atoms with Crippen LogP contribution in [-0.2, 0) is 4.79 Å². The highest BCUT2D eigenvalue weighted by Crippen LogP contribution is 2.30. The van der Waals surface area contributed by atoms with E-state index in [9.17, 15) is 4.79 Å². The number of nitrogens with one attached hydrogen (secondary N) is 1. The maximum atomic E-state index is 12.6. The zero-order valence-corrected chi connectivity index (χ0v) is 13.4. The van der Waals surface area contributed by atoms with E-state index in [-0.39, 0.29) is 5.91 Å². The van der Waals surface area contributed by atoms with Gasteiger partial charge in [-0.3, -0.25) is 4.79 Å². The van der Waals surface area contributed by atoms with E-state index in [1.807, 2.05) is 27.9 Å². The van der Waals surface area contributed by atoms with Crippen molar-refractivity contribution in [2.24, 2.45) is 0 Å². The molecule has 0 aliphatic heterocycles. The van der Waals surface area contributed by atoms with Gasteiger partial charge in [0.2, 0.25) is 5.91 Å². The summed E-state index contributed by atoms with van der Waals surface area (Å²) in [6.45, 7) is 12.1. The van der Waals surface area contributed by atoms with Gasteiger partial charge in [-0.05, 0) is 70.8 Å². The molecule has 0 bridgehead atoms. The molecule has 0 saturated heterocycles. The van der Waals surface area contributed by atoms with Gasteiger partial charge in [0.1, 0.15) is 0 Å². The molecule has 1 amide bonds. The number of anilines is 1. The Morgan fingerprint density at radius 2 is 1.53 bits per heavy atom. The molecule has 0 unspecified atom stereocenters. The summed E-state index contributed by atoms with van der Waals surface area (Å²) in [5.41, 5.74) is 5.26. The van der Waals surface area contributed by atoms with Crippen LogP contribution in [0.25, 0.3) is 0 Å². The number of amides is 1. The van der Waals surface area contributed by atoms with Crippen LogP contribution >= 0.6 is 0 Å². The molecule has 3 heteroatoms. The van der Waals surface area contributed by atoms with Gasteiger partial charge in [-0.2, -0.15) is 0 Å².